The number of hydrogen-bond acceptors (Lipinski definition) is 6. The number of hydrogen-bond donors (Lipinski definition) is 1. The molecule has 0 bridgehead atoms. The van der Waals surface area contributed by atoms with Crippen molar-refractivity contribution in [3.8, 4) is 11.5 Å². The number of nitrogens with zero attached hydrogens (tertiary/aromatic N) is 3. The smallest absolute Gasteiger partial charge is 0.210 e. The van der Waals surface area contributed by atoms with Gasteiger partial charge in [0.15, 0.2) is 5.82 Å². The van der Waals surface area contributed by atoms with Gasteiger partial charge in [0.2, 0.25) is 5.16 Å². The molecule has 0 amide bonds. The van der Waals surface area contributed by atoms with E-state index >= 15 is 0 Å². The van der Waals surface area contributed by atoms with Gasteiger partial charge in [-0.1, -0.05) is 29.4 Å². The Morgan fingerprint density at radius 1 is 1.00 bits per heavy atom. The summed E-state index contributed by atoms with van der Waals surface area (Å²) in [5.41, 5.74) is 2.30. The number of aromatic nitrogens is 3. The van der Waals surface area contributed by atoms with Crippen molar-refractivity contribution < 1.29 is 9.47 Å². The molecule has 2 aromatic carbocycles. The van der Waals surface area contributed by atoms with E-state index in [0.717, 1.165) is 22.6 Å². The number of nitrogen functional groups attached to an aromatic ring is 1. The van der Waals surface area contributed by atoms with E-state index in [0.29, 0.717) is 28.4 Å². The molecule has 1 aromatic heterocycles. The van der Waals surface area contributed by atoms with Crippen LogP contribution < -0.4 is 15.3 Å². The minimum Gasteiger partial charge on any atom is -0.493 e. The Morgan fingerprint density at radius 3 is 2.41 bits per heavy atom. The topological polar surface area (TPSA) is 75.2 Å². The van der Waals surface area contributed by atoms with Gasteiger partial charge in [-0.05, 0) is 61.4 Å². The van der Waals surface area contributed by atoms with Gasteiger partial charge in [-0.2, -0.15) is 0 Å². The molecule has 0 saturated heterocycles. The Morgan fingerprint density at radius 2 is 1.70 bits per heavy atom. The molecule has 1 heterocycles. The lowest BCUT2D eigenvalue weighted by Crippen LogP contribution is -2.16. The maximum absolute atomic E-state index is 6.07. The molecule has 0 fully saturated rings. The van der Waals surface area contributed by atoms with Crippen LogP contribution in [0.1, 0.15) is 17.0 Å². The van der Waals surface area contributed by atoms with Crippen molar-refractivity contribution in [3.05, 3.63) is 64.4 Å². The van der Waals surface area contributed by atoms with Crippen LogP contribution in [0.3, 0.4) is 0 Å². The van der Waals surface area contributed by atoms with E-state index in [1.807, 2.05) is 38.1 Å². The standard InChI is InChI=1S/C19H21ClN4O2S/c1-13-9-14(2)11-17(10-13)26-12-18-22-23-19(24(18)21)27-8-7-25-16-5-3-15(20)4-6-16/h3-6,9-11H,7-8,12,21H2,1-2H3. The van der Waals surface area contributed by atoms with E-state index in [1.54, 1.807) is 12.1 Å². The van der Waals surface area contributed by atoms with E-state index < -0.39 is 0 Å². The molecule has 0 saturated carbocycles. The zero-order valence-electron chi connectivity index (χ0n) is 15.2. The monoisotopic (exact) mass is 404 g/mol. The van der Waals surface area contributed by atoms with Crippen LogP contribution >= 0.6 is 23.4 Å². The predicted molar refractivity (Wildman–Crippen MR) is 108 cm³/mol. The first-order chi connectivity index (χ1) is 13.0. The second kappa shape index (κ2) is 9.01. The van der Waals surface area contributed by atoms with Crippen LogP contribution in [-0.4, -0.2) is 27.2 Å². The van der Waals surface area contributed by atoms with Crippen LogP contribution in [0.4, 0.5) is 0 Å². The molecule has 6 nitrogen and oxygen atoms in total. The van der Waals surface area contributed by atoms with Gasteiger partial charge in [-0.15, -0.1) is 10.2 Å². The first-order valence-corrected chi connectivity index (χ1v) is 9.79. The zero-order chi connectivity index (χ0) is 19.2. The molecule has 3 rings (SSSR count). The summed E-state index contributed by atoms with van der Waals surface area (Å²) in [7, 11) is 0. The lowest BCUT2D eigenvalue weighted by atomic mass is 10.1. The van der Waals surface area contributed by atoms with E-state index in [9.17, 15) is 0 Å². The highest BCUT2D eigenvalue weighted by Gasteiger charge is 2.11. The predicted octanol–water partition coefficient (Wildman–Crippen LogP) is 4.01. The fourth-order valence-corrected chi connectivity index (χ4v) is 3.31. The molecular weight excluding hydrogens is 384 g/mol. The number of aryl methyl sites for hydroxylation is 2. The fraction of sp³-hybridized carbons (Fsp3) is 0.263. The molecule has 27 heavy (non-hydrogen) atoms. The average Bonchev–Trinajstić information content (AvgIpc) is 2.98. The minimum atomic E-state index is 0.258. The summed E-state index contributed by atoms with van der Waals surface area (Å²) in [6.07, 6.45) is 0. The third-order valence-electron chi connectivity index (χ3n) is 3.70. The Bertz CT molecular complexity index is 879. The molecule has 0 aliphatic heterocycles. The van der Waals surface area contributed by atoms with Crippen LogP contribution in [0.25, 0.3) is 0 Å². The first-order valence-electron chi connectivity index (χ1n) is 8.43. The lowest BCUT2D eigenvalue weighted by molar-refractivity contribution is 0.291. The summed E-state index contributed by atoms with van der Waals surface area (Å²) in [6, 6.07) is 13.3. The Balaban J connectivity index is 1.48. The van der Waals surface area contributed by atoms with Crippen molar-refractivity contribution in [1.82, 2.24) is 14.9 Å². The third-order valence-corrected chi connectivity index (χ3v) is 4.85. The summed E-state index contributed by atoms with van der Waals surface area (Å²) >= 11 is 7.33. The van der Waals surface area contributed by atoms with Crippen molar-refractivity contribution >= 4 is 23.4 Å². The highest BCUT2D eigenvalue weighted by Crippen LogP contribution is 2.20. The third kappa shape index (κ3) is 5.55. The molecular formula is C19H21ClN4O2S. The maximum atomic E-state index is 6.07. The zero-order valence-corrected chi connectivity index (χ0v) is 16.8. The number of nitrogens with two attached hydrogens (primary N) is 1. The SMILES string of the molecule is Cc1cc(C)cc(OCc2nnc(SCCOc3ccc(Cl)cc3)n2N)c1. The molecule has 0 spiro atoms. The summed E-state index contributed by atoms with van der Waals surface area (Å²) < 4.78 is 12.9. The highest BCUT2D eigenvalue weighted by molar-refractivity contribution is 7.99. The van der Waals surface area contributed by atoms with Gasteiger partial charge in [0.05, 0.1) is 6.61 Å². The van der Waals surface area contributed by atoms with Crippen molar-refractivity contribution in [2.75, 3.05) is 18.2 Å². The maximum Gasteiger partial charge on any atom is 0.210 e. The largest absolute Gasteiger partial charge is 0.493 e. The normalized spacial score (nSPS) is 10.8. The molecule has 0 unspecified atom stereocenters. The Kier molecular flexibility index (Phi) is 6.47. The number of rotatable bonds is 8. The van der Waals surface area contributed by atoms with E-state index in [1.165, 1.54) is 16.4 Å². The second-order valence-electron chi connectivity index (χ2n) is 6.03. The van der Waals surface area contributed by atoms with E-state index in [4.69, 9.17) is 26.9 Å². The molecule has 0 radical (unpaired) electrons. The molecule has 0 atom stereocenters. The fourth-order valence-electron chi connectivity index (χ4n) is 2.49. The first kappa shape index (κ1) is 19.4. The number of ether oxygens (including phenoxy) is 2. The van der Waals surface area contributed by atoms with Gasteiger partial charge in [0.1, 0.15) is 18.1 Å². The molecule has 3 aromatic rings. The summed E-state index contributed by atoms with van der Waals surface area (Å²) in [6.45, 7) is 4.85. The molecule has 0 aliphatic rings. The highest BCUT2D eigenvalue weighted by atomic mass is 35.5. The molecule has 8 heteroatoms. The van der Waals surface area contributed by atoms with Crippen LogP contribution in [0.15, 0.2) is 47.6 Å². The molecule has 142 valence electrons. The summed E-state index contributed by atoms with van der Waals surface area (Å²) in [4.78, 5) is 0. The number of halogens is 1. The minimum absolute atomic E-state index is 0.258. The van der Waals surface area contributed by atoms with Gasteiger partial charge in [-0.25, -0.2) is 4.68 Å². The molecule has 2 N–H and O–H groups in total. The van der Waals surface area contributed by atoms with Gasteiger partial charge in [0.25, 0.3) is 0 Å². The summed E-state index contributed by atoms with van der Waals surface area (Å²) in [5.74, 6) is 8.90. The van der Waals surface area contributed by atoms with E-state index in [-0.39, 0.29) is 6.61 Å². The van der Waals surface area contributed by atoms with Crippen LogP contribution in [-0.2, 0) is 6.61 Å². The van der Waals surface area contributed by atoms with E-state index in [2.05, 4.69) is 16.3 Å². The Hall–Kier alpha value is -2.38. The van der Waals surface area contributed by atoms with Crippen molar-refractivity contribution in [3.63, 3.8) is 0 Å². The van der Waals surface area contributed by atoms with Gasteiger partial charge in [0, 0.05) is 10.8 Å². The molecule has 0 aliphatic carbocycles. The van der Waals surface area contributed by atoms with Crippen molar-refractivity contribution in [1.29, 1.82) is 0 Å². The van der Waals surface area contributed by atoms with Gasteiger partial charge >= 0.3 is 0 Å². The van der Waals surface area contributed by atoms with Crippen LogP contribution in [0.2, 0.25) is 5.02 Å². The number of benzene rings is 2. The average molecular weight is 405 g/mol. The lowest BCUT2D eigenvalue weighted by Gasteiger charge is -2.08. The van der Waals surface area contributed by atoms with Gasteiger partial charge < -0.3 is 15.3 Å². The van der Waals surface area contributed by atoms with Crippen LogP contribution in [0.5, 0.6) is 11.5 Å². The van der Waals surface area contributed by atoms with Gasteiger partial charge in [-0.3, -0.25) is 0 Å². The second-order valence-corrected chi connectivity index (χ2v) is 7.53. The van der Waals surface area contributed by atoms with Crippen molar-refractivity contribution in [2.24, 2.45) is 0 Å². The Labute approximate surface area is 167 Å². The summed E-state index contributed by atoms with van der Waals surface area (Å²) in [5, 5.41) is 9.53. The van der Waals surface area contributed by atoms with Crippen molar-refractivity contribution in [2.45, 2.75) is 25.6 Å². The van der Waals surface area contributed by atoms with Crippen LogP contribution in [0, 0.1) is 13.8 Å². The quantitative estimate of drug-likeness (QED) is 0.347. The number of thioether (sulfide) groups is 1.